The molecule has 1 aliphatic heterocycles. The van der Waals surface area contributed by atoms with Crippen molar-refractivity contribution in [1.29, 1.82) is 0 Å². The summed E-state index contributed by atoms with van der Waals surface area (Å²) in [7, 11) is 0. The van der Waals surface area contributed by atoms with Gasteiger partial charge in [0, 0.05) is 11.1 Å². The molecule has 43 heavy (non-hydrogen) atoms. The van der Waals surface area contributed by atoms with Gasteiger partial charge >= 0.3 is 5.97 Å². The number of benzene rings is 3. The van der Waals surface area contributed by atoms with E-state index in [1.54, 1.807) is 12.3 Å². The minimum Gasteiger partial charge on any atom is -0.464 e. The van der Waals surface area contributed by atoms with Gasteiger partial charge in [-0.15, -0.1) is 0 Å². The van der Waals surface area contributed by atoms with Gasteiger partial charge in [-0.25, -0.2) is 0 Å². The van der Waals surface area contributed by atoms with Gasteiger partial charge in [-0.3, -0.25) is 15.0 Å². The number of carbonyl (C=O) groups excluding carboxylic acids is 2. The summed E-state index contributed by atoms with van der Waals surface area (Å²) < 4.78 is 17.7. The Labute approximate surface area is 253 Å². The molecule has 1 amide bonds. The third kappa shape index (κ3) is 7.42. The topological polar surface area (TPSA) is 81.0 Å². The van der Waals surface area contributed by atoms with Crippen LogP contribution >= 0.6 is 0 Å². The predicted octanol–water partition coefficient (Wildman–Crippen LogP) is 7.14. The first-order chi connectivity index (χ1) is 20.5. The van der Waals surface area contributed by atoms with Gasteiger partial charge in [0.1, 0.15) is 17.1 Å². The second-order valence-corrected chi connectivity index (χ2v) is 12.4. The van der Waals surface area contributed by atoms with E-state index in [4.69, 9.17) is 13.9 Å². The number of amides is 1. The fourth-order valence-corrected chi connectivity index (χ4v) is 5.51. The number of nitrogens with zero attached hydrogens (tertiary/aromatic N) is 1. The molecule has 1 aliphatic rings. The lowest BCUT2D eigenvalue weighted by Crippen LogP contribution is -2.56. The van der Waals surface area contributed by atoms with Gasteiger partial charge in [-0.1, -0.05) is 84.9 Å². The number of hydrogen-bond acceptors (Lipinski definition) is 6. The highest BCUT2D eigenvalue weighted by molar-refractivity contribution is 5.90. The van der Waals surface area contributed by atoms with Crippen molar-refractivity contribution >= 4 is 11.9 Å². The summed E-state index contributed by atoms with van der Waals surface area (Å²) in [6.07, 6.45) is 2.12. The van der Waals surface area contributed by atoms with E-state index in [2.05, 4.69) is 29.7 Å². The Kier molecular flexibility index (Phi) is 8.85. The molecule has 0 saturated carbocycles. The van der Waals surface area contributed by atoms with Crippen LogP contribution < -0.4 is 5.43 Å². The van der Waals surface area contributed by atoms with Crippen LogP contribution in [0, 0.1) is 0 Å². The van der Waals surface area contributed by atoms with E-state index < -0.39 is 23.2 Å². The van der Waals surface area contributed by atoms with Crippen LogP contribution in [0.3, 0.4) is 0 Å². The monoisotopic (exact) mass is 580 g/mol. The van der Waals surface area contributed by atoms with Crippen molar-refractivity contribution < 1.29 is 23.5 Å². The quantitative estimate of drug-likeness (QED) is 0.212. The molecule has 3 aromatic carbocycles. The van der Waals surface area contributed by atoms with E-state index >= 15 is 0 Å². The first-order valence-electron chi connectivity index (χ1n) is 14.7. The molecule has 2 heterocycles. The summed E-state index contributed by atoms with van der Waals surface area (Å²) >= 11 is 0. The number of carbonyl (C=O) groups is 2. The smallest absolute Gasteiger partial charge is 0.307 e. The van der Waals surface area contributed by atoms with Crippen LogP contribution in [-0.2, 0) is 25.5 Å². The van der Waals surface area contributed by atoms with Crippen LogP contribution in [0.2, 0.25) is 0 Å². The molecule has 0 unspecified atom stereocenters. The van der Waals surface area contributed by atoms with Crippen LogP contribution in [0.4, 0.5) is 0 Å². The number of ether oxygens (including phenoxy) is 2. The Balaban J connectivity index is 1.43. The Hall–Kier alpha value is -4.20. The van der Waals surface area contributed by atoms with Crippen LogP contribution in [-0.4, -0.2) is 40.9 Å². The highest BCUT2D eigenvalue weighted by atomic mass is 16.6. The third-order valence-corrected chi connectivity index (χ3v) is 7.55. The highest BCUT2D eigenvalue weighted by Gasteiger charge is 2.43. The van der Waals surface area contributed by atoms with Crippen LogP contribution in [0.5, 0.6) is 0 Å². The molecule has 7 nitrogen and oxygen atoms in total. The predicted molar refractivity (Wildman–Crippen MR) is 167 cm³/mol. The number of hydrogen-bond donors (Lipinski definition) is 1. The molecule has 224 valence electrons. The van der Waals surface area contributed by atoms with Gasteiger partial charge in [0.25, 0.3) is 0 Å². The lowest BCUT2D eigenvalue weighted by molar-refractivity contribution is -0.157. The van der Waals surface area contributed by atoms with E-state index in [9.17, 15) is 9.59 Å². The number of hydrazine groups is 1. The van der Waals surface area contributed by atoms with Gasteiger partial charge in [-0.05, 0) is 63.8 Å². The first kappa shape index (κ1) is 30.3. The molecule has 7 heteroatoms. The zero-order chi connectivity index (χ0) is 30.6. The van der Waals surface area contributed by atoms with E-state index in [1.807, 2.05) is 100 Å². The molecule has 0 bridgehead atoms. The fraction of sp³-hybridized carbons (Fsp3) is 0.333. The van der Waals surface area contributed by atoms with E-state index in [1.165, 1.54) is 0 Å². The van der Waals surface area contributed by atoms with E-state index in [0.29, 0.717) is 24.4 Å². The summed E-state index contributed by atoms with van der Waals surface area (Å²) in [6.45, 7) is 9.77. The number of esters is 1. The minimum atomic E-state index is -0.855. The average molecular weight is 581 g/mol. The maximum absolute atomic E-state index is 14.1. The number of furan rings is 1. The summed E-state index contributed by atoms with van der Waals surface area (Å²) in [6, 6.07) is 29.9. The molecule has 4 aromatic rings. The molecule has 1 aromatic heterocycles. The Morgan fingerprint density at radius 3 is 2.16 bits per heavy atom. The summed E-state index contributed by atoms with van der Waals surface area (Å²) in [4.78, 5) is 27.3. The second-order valence-electron chi connectivity index (χ2n) is 12.4. The molecule has 1 saturated heterocycles. The lowest BCUT2D eigenvalue weighted by atomic mass is 9.92. The van der Waals surface area contributed by atoms with Gasteiger partial charge < -0.3 is 13.9 Å². The van der Waals surface area contributed by atoms with Crippen molar-refractivity contribution in [1.82, 2.24) is 10.4 Å². The molecule has 0 radical (unpaired) electrons. The van der Waals surface area contributed by atoms with Gasteiger partial charge in [0.2, 0.25) is 5.91 Å². The highest BCUT2D eigenvalue weighted by Crippen LogP contribution is 2.35. The summed E-state index contributed by atoms with van der Waals surface area (Å²) in [5.74, 6) is -1.10. The molecule has 1 N–H and O–H groups in total. The van der Waals surface area contributed by atoms with Crippen LogP contribution in [0.25, 0.3) is 22.5 Å². The van der Waals surface area contributed by atoms with E-state index in [-0.39, 0.29) is 18.4 Å². The zero-order valence-electron chi connectivity index (χ0n) is 25.5. The van der Waals surface area contributed by atoms with Crippen molar-refractivity contribution in [3.8, 4) is 22.5 Å². The van der Waals surface area contributed by atoms with Crippen molar-refractivity contribution in [3.63, 3.8) is 0 Å². The van der Waals surface area contributed by atoms with Crippen molar-refractivity contribution in [2.24, 2.45) is 0 Å². The maximum atomic E-state index is 14.1. The molecule has 1 fully saturated rings. The summed E-state index contributed by atoms with van der Waals surface area (Å²) in [5.41, 5.74) is 6.46. The minimum absolute atomic E-state index is 0.0853. The number of rotatable bonds is 9. The number of nitrogens with one attached hydrogen (secondary N) is 1. The summed E-state index contributed by atoms with van der Waals surface area (Å²) in [5, 5.41) is 1.87. The lowest BCUT2D eigenvalue weighted by Gasteiger charge is -2.35. The van der Waals surface area contributed by atoms with Crippen molar-refractivity contribution in [2.45, 2.75) is 70.7 Å². The normalized spacial score (nSPS) is 17.4. The standard InChI is InChI=1S/C36H40N2O5/c1-35(2,3)43-32(39)23-31(34(40)37-38-29(24-42-36(38,4)5)22-25-12-8-6-9-13-25)30-20-21-41-33(30)28-18-16-27(17-19-28)26-14-10-7-11-15-26/h6-21,29,31H,22-24H2,1-5H3,(H,37,40)/t29-,31+/m0/s1. The van der Waals surface area contributed by atoms with Crippen molar-refractivity contribution in [2.75, 3.05) is 6.61 Å². The van der Waals surface area contributed by atoms with Gasteiger partial charge in [0.15, 0.2) is 0 Å². The Morgan fingerprint density at radius 1 is 0.907 bits per heavy atom. The molecule has 5 rings (SSSR count). The molecule has 2 atom stereocenters. The first-order valence-corrected chi connectivity index (χ1v) is 14.7. The average Bonchev–Trinajstić information content (AvgIpc) is 3.56. The third-order valence-electron chi connectivity index (χ3n) is 7.55. The van der Waals surface area contributed by atoms with Gasteiger partial charge in [0.05, 0.1) is 31.3 Å². The molecular formula is C36H40N2O5. The van der Waals surface area contributed by atoms with Crippen LogP contribution in [0.1, 0.15) is 58.1 Å². The Bertz CT molecular complexity index is 1520. The SMILES string of the molecule is CC(C)(C)OC(=O)C[C@@H](C(=O)NN1[C@@H](Cc2ccccc2)COC1(C)C)c1ccoc1-c1ccc(-c2ccccc2)cc1. The molecule has 0 aliphatic carbocycles. The van der Waals surface area contributed by atoms with Crippen molar-refractivity contribution in [3.05, 3.63) is 108 Å². The van der Waals surface area contributed by atoms with Crippen LogP contribution in [0.15, 0.2) is 102 Å². The second kappa shape index (κ2) is 12.6. The molecular weight excluding hydrogens is 540 g/mol. The Morgan fingerprint density at radius 2 is 1.51 bits per heavy atom. The van der Waals surface area contributed by atoms with E-state index in [0.717, 1.165) is 22.3 Å². The fourth-order valence-electron chi connectivity index (χ4n) is 5.51. The maximum Gasteiger partial charge on any atom is 0.307 e. The van der Waals surface area contributed by atoms with Gasteiger partial charge in [-0.2, -0.15) is 5.01 Å². The molecule has 0 spiro atoms. The zero-order valence-corrected chi connectivity index (χ0v) is 25.5. The largest absolute Gasteiger partial charge is 0.464 e.